The highest BCUT2D eigenvalue weighted by Crippen LogP contribution is 2.05. The summed E-state index contributed by atoms with van der Waals surface area (Å²) in [4.78, 5) is 10.9. The second kappa shape index (κ2) is 8.72. The van der Waals surface area contributed by atoms with Crippen molar-refractivity contribution >= 4 is 5.97 Å². The fourth-order valence-electron chi connectivity index (χ4n) is 1.57. The van der Waals surface area contributed by atoms with E-state index in [4.69, 9.17) is 5.11 Å². The lowest BCUT2D eigenvalue weighted by Crippen LogP contribution is -2.38. The van der Waals surface area contributed by atoms with Crippen LogP contribution in [0, 0.1) is 5.92 Å². The van der Waals surface area contributed by atoms with E-state index in [2.05, 4.69) is 26.1 Å². The molecule has 2 N–H and O–H groups in total. The van der Waals surface area contributed by atoms with Gasteiger partial charge in [-0.15, -0.1) is 0 Å². The molecule has 0 amide bonds. The van der Waals surface area contributed by atoms with E-state index in [-0.39, 0.29) is 6.04 Å². The Labute approximate surface area is 93.3 Å². The predicted molar refractivity (Wildman–Crippen MR) is 63.0 cm³/mol. The molecule has 0 aliphatic carbocycles. The Balaban J connectivity index is 3.62. The Morgan fingerprint density at radius 2 is 1.93 bits per heavy atom. The third kappa shape index (κ3) is 8.43. The van der Waals surface area contributed by atoms with Crippen molar-refractivity contribution in [3.8, 4) is 0 Å². The highest BCUT2D eigenvalue weighted by atomic mass is 16.4. The molecule has 90 valence electrons. The van der Waals surface area contributed by atoms with Crippen LogP contribution in [0.4, 0.5) is 0 Å². The van der Waals surface area contributed by atoms with Crippen LogP contribution in [0.15, 0.2) is 0 Å². The summed E-state index contributed by atoms with van der Waals surface area (Å²) in [5.74, 6) is -0.298. The number of rotatable bonds is 9. The van der Waals surface area contributed by atoms with Crippen LogP contribution < -0.4 is 5.32 Å². The molecule has 0 saturated carbocycles. The van der Waals surface area contributed by atoms with Gasteiger partial charge in [0.2, 0.25) is 0 Å². The average Bonchev–Trinajstić information content (AvgIpc) is 2.15. The van der Waals surface area contributed by atoms with E-state index in [1.54, 1.807) is 0 Å². The first-order valence-corrected chi connectivity index (χ1v) is 6.04. The van der Waals surface area contributed by atoms with Gasteiger partial charge in [-0.1, -0.05) is 40.0 Å². The minimum absolute atomic E-state index is 0.369. The van der Waals surface area contributed by atoms with Crippen molar-refractivity contribution < 1.29 is 9.90 Å². The zero-order valence-corrected chi connectivity index (χ0v) is 10.3. The maximum Gasteiger partial charge on any atom is 0.320 e. The summed E-state index contributed by atoms with van der Waals surface area (Å²) in [6.45, 7) is 7.10. The molecule has 0 unspecified atom stereocenters. The molecule has 1 atom stereocenters. The summed E-state index contributed by atoms with van der Waals surface area (Å²) in [7, 11) is 0. The zero-order valence-electron chi connectivity index (χ0n) is 10.3. The predicted octanol–water partition coefficient (Wildman–Crippen LogP) is 2.66. The van der Waals surface area contributed by atoms with Gasteiger partial charge in [-0.25, -0.2) is 0 Å². The second-order valence-corrected chi connectivity index (χ2v) is 4.54. The molecule has 3 nitrogen and oxygen atoms in total. The Bertz CT molecular complexity index is 169. The molecule has 0 bridgehead atoms. The second-order valence-electron chi connectivity index (χ2n) is 4.54. The number of unbranched alkanes of at least 4 members (excludes halogenated alkanes) is 3. The van der Waals surface area contributed by atoms with Crippen LogP contribution in [0.2, 0.25) is 0 Å². The molecule has 0 fully saturated rings. The van der Waals surface area contributed by atoms with Crippen molar-refractivity contribution in [3.05, 3.63) is 0 Å². The molecule has 0 rings (SSSR count). The Morgan fingerprint density at radius 1 is 1.27 bits per heavy atom. The van der Waals surface area contributed by atoms with Crippen molar-refractivity contribution in [1.29, 1.82) is 0 Å². The van der Waals surface area contributed by atoms with Crippen LogP contribution in [-0.2, 0) is 4.79 Å². The van der Waals surface area contributed by atoms with Gasteiger partial charge in [-0.3, -0.25) is 4.79 Å². The van der Waals surface area contributed by atoms with Gasteiger partial charge >= 0.3 is 5.97 Å². The van der Waals surface area contributed by atoms with Gasteiger partial charge in [-0.2, -0.15) is 0 Å². The smallest absolute Gasteiger partial charge is 0.320 e. The van der Waals surface area contributed by atoms with E-state index < -0.39 is 5.97 Å². The van der Waals surface area contributed by atoms with Crippen LogP contribution >= 0.6 is 0 Å². The summed E-state index contributed by atoms with van der Waals surface area (Å²) in [6.07, 6.45) is 5.44. The largest absolute Gasteiger partial charge is 0.480 e. The van der Waals surface area contributed by atoms with Crippen molar-refractivity contribution in [1.82, 2.24) is 5.32 Å². The molecule has 0 saturated heterocycles. The lowest BCUT2D eigenvalue weighted by Gasteiger charge is -2.16. The minimum Gasteiger partial charge on any atom is -0.480 e. The van der Waals surface area contributed by atoms with Gasteiger partial charge in [0, 0.05) is 0 Å². The molecule has 0 aromatic rings. The van der Waals surface area contributed by atoms with E-state index in [1.807, 2.05) is 0 Å². The number of aliphatic carboxylic acids is 1. The topological polar surface area (TPSA) is 49.3 Å². The van der Waals surface area contributed by atoms with Crippen molar-refractivity contribution in [3.63, 3.8) is 0 Å². The molecule has 0 aromatic carbocycles. The lowest BCUT2D eigenvalue weighted by molar-refractivity contribution is -0.139. The first-order valence-electron chi connectivity index (χ1n) is 6.04. The number of carbonyl (C=O) groups is 1. The van der Waals surface area contributed by atoms with Gasteiger partial charge in [0.1, 0.15) is 6.04 Å². The van der Waals surface area contributed by atoms with Gasteiger partial charge in [0.15, 0.2) is 0 Å². The monoisotopic (exact) mass is 215 g/mol. The molecule has 0 aliphatic rings. The van der Waals surface area contributed by atoms with Gasteiger partial charge < -0.3 is 10.4 Å². The quantitative estimate of drug-likeness (QED) is 0.581. The fourth-order valence-corrected chi connectivity index (χ4v) is 1.57. The standard InChI is InChI=1S/C12H25NO2/c1-4-5-6-7-8-13-11(12(14)15)9-10(2)3/h10-11,13H,4-9H2,1-3H3,(H,14,15)/t11-/m0/s1. The van der Waals surface area contributed by atoms with Gasteiger partial charge in [-0.05, 0) is 25.3 Å². The van der Waals surface area contributed by atoms with E-state index in [9.17, 15) is 4.79 Å². The van der Waals surface area contributed by atoms with Crippen LogP contribution in [0.3, 0.4) is 0 Å². The molecule has 0 radical (unpaired) electrons. The maximum absolute atomic E-state index is 10.9. The van der Waals surface area contributed by atoms with Crippen LogP contribution in [-0.4, -0.2) is 23.7 Å². The molecule has 0 aromatic heterocycles. The fraction of sp³-hybridized carbons (Fsp3) is 0.917. The molecule has 3 heteroatoms. The van der Waals surface area contributed by atoms with Crippen LogP contribution in [0.25, 0.3) is 0 Å². The summed E-state index contributed by atoms with van der Waals surface area (Å²) in [5.41, 5.74) is 0. The molecule has 0 spiro atoms. The number of nitrogens with one attached hydrogen (secondary N) is 1. The maximum atomic E-state index is 10.9. The Kier molecular flexibility index (Phi) is 8.38. The summed E-state index contributed by atoms with van der Waals surface area (Å²) in [5, 5.41) is 12.1. The van der Waals surface area contributed by atoms with E-state index in [0.717, 1.165) is 13.0 Å². The third-order valence-electron chi connectivity index (χ3n) is 2.43. The van der Waals surface area contributed by atoms with E-state index in [0.29, 0.717) is 12.3 Å². The van der Waals surface area contributed by atoms with Crippen molar-refractivity contribution in [2.24, 2.45) is 5.92 Å². The number of carboxylic acids is 1. The summed E-state index contributed by atoms with van der Waals surface area (Å²) >= 11 is 0. The normalized spacial score (nSPS) is 13.1. The lowest BCUT2D eigenvalue weighted by atomic mass is 10.0. The molecule has 0 heterocycles. The molecular weight excluding hydrogens is 190 g/mol. The highest BCUT2D eigenvalue weighted by molar-refractivity contribution is 5.73. The summed E-state index contributed by atoms with van der Waals surface area (Å²) < 4.78 is 0. The van der Waals surface area contributed by atoms with Crippen molar-refractivity contribution in [2.45, 2.75) is 58.9 Å². The van der Waals surface area contributed by atoms with E-state index in [1.165, 1.54) is 19.3 Å². The Morgan fingerprint density at radius 3 is 2.40 bits per heavy atom. The first kappa shape index (κ1) is 14.4. The van der Waals surface area contributed by atoms with Crippen LogP contribution in [0.1, 0.15) is 52.9 Å². The zero-order chi connectivity index (χ0) is 11.7. The van der Waals surface area contributed by atoms with E-state index >= 15 is 0 Å². The molecule has 0 aliphatic heterocycles. The van der Waals surface area contributed by atoms with Gasteiger partial charge in [0.25, 0.3) is 0 Å². The number of hydrogen-bond donors (Lipinski definition) is 2. The highest BCUT2D eigenvalue weighted by Gasteiger charge is 2.17. The summed E-state index contributed by atoms with van der Waals surface area (Å²) in [6, 6.07) is -0.369. The third-order valence-corrected chi connectivity index (χ3v) is 2.43. The molecule has 15 heavy (non-hydrogen) atoms. The SMILES string of the molecule is CCCCCCN[C@@H](CC(C)C)C(=O)O. The van der Waals surface area contributed by atoms with Crippen molar-refractivity contribution in [2.75, 3.05) is 6.54 Å². The minimum atomic E-state index is -0.723. The average molecular weight is 215 g/mol. The molecular formula is C12H25NO2. The Hall–Kier alpha value is -0.570. The van der Waals surface area contributed by atoms with Crippen LogP contribution in [0.5, 0.6) is 0 Å². The van der Waals surface area contributed by atoms with Gasteiger partial charge in [0.05, 0.1) is 0 Å². The number of hydrogen-bond acceptors (Lipinski definition) is 2. The first-order chi connectivity index (χ1) is 7.07. The number of carboxylic acid groups (broad SMARTS) is 1.